The van der Waals surface area contributed by atoms with Crippen LogP contribution in [0.3, 0.4) is 0 Å². The zero-order valence-corrected chi connectivity index (χ0v) is 16.9. The number of halogens is 1. The Labute approximate surface area is 170 Å². The predicted octanol–water partition coefficient (Wildman–Crippen LogP) is 4.22. The quantitative estimate of drug-likeness (QED) is 0.490. The number of thiazole rings is 1. The van der Waals surface area contributed by atoms with E-state index in [2.05, 4.69) is 20.4 Å². The van der Waals surface area contributed by atoms with Gasteiger partial charge in [-0.2, -0.15) is 4.80 Å². The number of carbonyl (C=O) groups excluding carboxylic acids is 1. The number of anilines is 1. The van der Waals surface area contributed by atoms with Crippen LogP contribution in [0, 0.1) is 0 Å². The van der Waals surface area contributed by atoms with Crippen molar-refractivity contribution < 1.29 is 4.79 Å². The normalized spacial score (nSPS) is 12.2. The summed E-state index contributed by atoms with van der Waals surface area (Å²) in [5.74, 6) is 0.312. The van der Waals surface area contributed by atoms with Crippen LogP contribution in [-0.2, 0) is 4.79 Å². The molecule has 7 nitrogen and oxygen atoms in total. The fourth-order valence-electron chi connectivity index (χ4n) is 2.83. The number of carbonyl (C=O) groups is 1. The first-order valence-electron chi connectivity index (χ1n) is 8.75. The molecule has 0 N–H and O–H groups in total. The largest absolute Gasteiger partial charge is 0.289 e. The van der Waals surface area contributed by atoms with Crippen molar-refractivity contribution in [3.05, 3.63) is 53.6 Å². The van der Waals surface area contributed by atoms with Gasteiger partial charge >= 0.3 is 0 Å². The zero-order valence-electron chi connectivity index (χ0n) is 15.3. The molecule has 2 heterocycles. The fraction of sp³-hybridized carbons (Fsp3) is 0.211. The molecular weight excluding hydrogens is 396 g/mol. The smallest absolute Gasteiger partial charge is 0.255 e. The van der Waals surface area contributed by atoms with Gasteiger partial charge in [0.1, 0.15) is 0 Å². The average Bonchev–Trinajstić information content (AvgIpc) is 3.36. The Hall–Kier alpha value is -2.84. The number of amides is 1. The molecule has 0 aliphatic carbocycles. The molecule has 1 atom stereocenters. The van der Waals surface area contributed by atoms with Crippen LogP contribution in [0.15, 0.2) is 48.5 Å². The lowest BCUT2D eigenvalue weighted by Gasteiger charge is -2.19. The minimum Gasteiger partial charge on any atom is -0.289 e. The Kier molecular flexibility index (Phi) is 5.06. The van der Waals surface area contributed by atoms with Crippen LogP contribution in [0.1, 0.15) is 19.4 Å². The lowest BCUT2D eigenvalue weighted by Crippen LogP contribution is -2.35. The molecule has 0 unspecified atom stereocenters. The molecule has 0 bridgehead atoms. The van der Waals surface area contributed by atoms with Crippen LogP contribution in [0.4, 0.5) is 5.13 Å². The Bertz CT molecular complexity index is 1090. The van der Waals surface area contributed by atoms with Gasteiger partial charge in [0.25, 0.3) is 5.91 Å². The number of tetrazole rings is 1. The van der Waals surface area contributed by atoms with Gasteiger partial charge in [-0.05, 0) is 48.0 Å². The van der Waals surface area contributed by atoms with E-state index >= 15 is 0 Å². The van der Waals surface area contributed by atoms with Gasteiger partial charge in [-0.25, -0.2) is 4.98 Å². The Morgan fingerprint density at radius 2 is 1.96 bits per heavy atom. The molecule has 142 valence electrons. The number of rotatable bonds is 5. The predicted molar refractivity (Wildman–Crippen MR) is 111 cm³/mol. The Morgan fingerprint density at radius 1 is 1.21 bits per heavy atom. The summed E-state index contributed by atoms with van der Waals surface area (Å²) in [5, 5.41) is 13.9. The molecule has 0 spiro atoms. The standard InChI is InChI=1S/C19H17ClN6OS/c1-3-15(26-23-17(22-24-26)12-8-10-13(20)11-9-12)18(27)25(2)19-21-14-6-4-5-7-16(14)28-19/h4-11,15H,3H2,1-2H3/t15-/m1/s1. The van der Waals surface area contributed by atoms with Crippen molar-refractivity contribution in [2.24, 2.45) is 0 Å². The van der Waals surface area contributed by atoms with E-state index in [0.717, 1.165) is 15.8 Å². The fourth-order valence-corrected chi connectivity index (χ4v) is 3.89. The van der Waals surface area contributed by atoms with Gasteiger partial charge in [0, 0.05) is 17.6 Å². The van der Waals surface area contributed by atoms with E-state index in [0.29, 0.717) is 22.4 Å². The molecule has 2 aromatic heterocycles. The molecular formula is C19H17ClN6OS. The molecule has 1 amide bonds. The molecule has 0 fully saturated rings. The highest BCUT2D eigenvalue weighted by atomic mass is 35.5. The summed E-state index contributed by atoms with van der Waals surface area (Å²) in [4.78, 5) is 20.6. The highest BCUT2D eigenvalue weighted by Crippen LogP contribution is 2.29. The molecule has 0 saturated carbocycles. The summed E-state index contributed by atoms with van der Waals surface area (Å²) in [6, 6.07) is 14.4. The van der Waals surface area contributed by atoms with Crippen molar-refractivity contribution in [1.82, 2.24) is 25.2 Å². The Morgan fingerprint density at radius 3 is 2.68 bits per heavy atom. The van der Waals surface area contributed by atoms with Gasteiger partial charge in [0.2, 0.25) is 5.82 Å². The second kappa shape index (κ2) is 7.65. The number of nitrogens with zero attached hydrogens (tertiary/aromatic N) is 6. The number of benzene rings is 2. The van der Waals surface area contributed by atoms with Crippen molar-refractivity contribution in [1.29, 1.82) is 0 Å². The van der Waals surface area contributed by atoms with E-state index in [1.807, 2.05) is 43.3 Å². The maximum Gasteiger partial charge on any atom is 0.255 e. The van der Waals surface area contributed by atoms with Gasteiger partial charge < -0.3 is 0 Å². The number of hydrogen-bond acceptors (Lipinski definition) is 6. The maximum absolute atomic E-state index is 13.1. The summed E-state index contributed by atoms with van der Waals surface area (Å²) < 4.78 is 1.04. The van der Waals surface area contributed by atoms with E-state index in [9.17, 15) is 4.79 Å². The van der Waals surface area contributed by atoms with Crippen molar-refractivity contribution in [2.75, 3.05) is 11.9 Å². The third kappa shape index (κ3) is 3.48. The molecule has 0 radical (unpaired) electrons. The minimum absolute atomic E-state index is 0.137. The first-order valence-corrected chi connectivity index (χ1v) is 9.95. The second-order valence-corrected chi connectivity index (χ2v) is 7.67. The summed E-state index contributed by atoms with van der Waals surface area (Å²) in [7, 11) is 1.72. The van der Waals surface area contributed by atoms with Crippen molar-refractivity contribution in [3.63, 3.8) is 0 Å². The summed E-state index contributed by atoms with van der Waals surface area (Å²) in [6.07, 6.45) is 0.532. The topological polar surface area (TPSA) is 76.8 Å². The van der Waals surface area contributed by atoms with Gasteiger partial charge in [0.05, 0.1) is 10.2 Å². The van der Waals surface area contributed by atoms with Crippen LogP contribution in [-0.4, -0.2) is 38.1 Å². The van der Waals surface area contributed by atoms with Gasteiger partial charge in [-0.3, -0.25) is 9.69 Å². The average molecular weight is 413 g/mol. The third-order valence-corrected chi connectivity index (χ3v) is 5.75. The van der Waals surface area contributed by atoms with Gasteiger partial charge in [-0.1, -0.05) is 42.0 Å². The lowest BCUT2D eigenvalue weighted by molar-refractivity contribution is -0.122. The molecule has 4 aromatic rings. The number of fused-ring (bicyclic) bond motifs is 1. The highest BCUT2D eigenvalue weighted by Gasteiger charge is 2.27. The van der Waals surface area contributed by atoms with Crippen LogP contribution in [0.5, 0.6) is 0 Å². The number of para-hydroxylation sites is 1. The van der Waals surface area contributed by atoms with Gasteiger partial charge in [-0.15, -0.1) is 10.2 Å². The SMILES string of the molecule is CC[C@H](C(=O)N(C)c1nc2ccccc2s1)n1nnc(-c2ccc(Cl)cc2)n1. The van der Waals surface area contributed by atoms with Crippen molar-refractivity contribution in [3.8, 4) is 11.4 Å². The van der Waals surface area contributed by atoms with Crippen molar-refractivity contribution in [2.45, 2.75) is 19.4 Å². The van der Waals surface area contributed by atoms with Crippen LogP contribution < -0.4 is 4.90 Å². The highest BCUT2D eigenvalue weighted by molar-refractivity contribution is 7.22. The van der Waals surface area contributed by atoms with E-state index in [4.69, 9.17) is 11.6 Å². The van der Waals surface area contributed by atoms with E-state index in [1.165, 1.54) is 16.1 Å². The first kappa shape index (κ1) is 18.5. The van der Waals surface area contributed by atoms with E-state index in [1.54, 1.807) is 24.1 Å². The third-order valence-electron chi connectivity index (χ3n) is 4.38. The van der Waals surface area contributed by atoms with E-state index < -0.39 is 6.04 Å². The molecule has 0 aliphatic heterocycles. The number of likely N-dealkylation sites (N-methyl/N-ethyl adjacent to an activating group) is 1. The number of hydrogen-bond donors (Lipinski definition) is 0. The second-order valence-electron chi connectivity index (χ2n) is 6.23. The molecule has 0 aliphatic rings. The minimum atomic E-state index is -0.564. The monoisotopic (exact) mass is 412 g/mol. The molecule has 4 rings (SSSR count). The van der Waals surface area contributed by atoms with Crippen LogP contribution in [0.25, 0.3) is 21.6 Å². The zero-order chi connectivity index (χ0) is 19.7. The van der Waals surface area contributed by atoms with Crippen molar-refractivity contribution >= 4 is 44.2 Å². The van der Waals surface area contributed by atoms with Crippen LogP contribution in [0.2, 0.25) is 5.02 Å². The summed E-state index contributed by atoms with van der Waals surface area (Å²) in [5.41, 5.74) is 1.66. The molecule has 9 heteroatoms. The molecule has 0 saturated heterocycles. The first-order chi connectivity index (χ1) is 13.6. The maximum atomic E-state index is 13.1. The summed E-state index contributed by atoms with van der Waals surface area (Å²) in [6.45, 7) is 1.92. The molecule has 2 aromatic carbocycles. The lowest BCUT2D eigenvalue weighted by atomic mass is 10.2. The summed E-state index contributed by atoms with van der Waals surface area (Å²) >= 11 is 7.40. The van der Waals surface area contributed by atoms with E-state index in [-0.39, 0.29) is 5.91 Å². The molecule has 28 heavy (non-hydrogen) atoms. The van der Waals surface area contributed by atoms with Crippen LogP contribution >= 0.6 is 22.9 Å². The Balaban J connectivity index is 1.59. The number of aromatic nitrogens is 5. The van der Waals surface area contributed by atoms with Gasteiger partial charge in [0.15, 0.2) is 11.2 Å².